The number of nitrogens with one attached hydrogen (secondary N) is 1. The molecule has 0 aliphatic heterocycles. The smallest absolute Gasteiger partial charge is 0.256 e. The second-order valence-electron chi connectivity index (χ2n) is 3.76. The molecule has 2 rings (SSSR count). The maximum Gasteiger partial charge on any atom is 0.256 e. The van der Waals surface area contributed by atoms with Crippen LogP contribution in [0, 0.1) is 6.92 Å². The van der Waals surface area contributed by atoms with Gasteiger partial charge in [0.25, 0.3) is 5.91 Å². The summed E-state index contributed by atoms with van der Waals surface area (Å²) in [7, 11) is 0. The number of aryl methyl sites for hydroxylation is 1. The average molecular weight is 326 g/mol. The van der Waals surface area contributed by atoms with Crippen LogP contribution in [0.5, 0.6) is 0 Å². The van der Waals surface area contributed by atoms with Gasteiger partial charge in [0.05, 0.1) is 0 Å². The van der Waals surface area contributed by atoms with Crippen LogP contribution in [0.25, 0.3) is 0 Å². The van der Waals surface area contributed by atoms with Crippen LogP contribution in [-0.2, 0) is 0 Å². The quantitative estimate of drug-likeness (QED) is 0.846. The lowest BCUT2D eigenvalue weighted by atomic mass is 10.1. The predicted octanol–water partition coefficient (Wildman–Crippen LogP) is 4.06. The minimum Gasteiger partial charge on any atom is -0.307 e. The molecule has 0 aliphatic rings. The molecule has 3 nitrogen and oxygen atoms in total. The Morgan fingerprint density at radius 3 is 2.78 bits per heavy atom. The first-order valence-electron chi connectivity index (χ1n) is 5.26. The lowest BCUT2D eigenvalue weighted by molar-refractivity contribution is 0.102. The third-order valence-corrected chi connectivity index (χ3v) is 3.24. The molecule has 1 heterocycles. The van der Waals surface area contributed by atoms with Gasteiger partial charge in [0, 0.05) is 10.6 Å². The van der Waals surface area contributed by atoms with Crippen LogP contribution in [0.4, 0.5) is 5.82 Å². The molecule has 0 atom stereocenters. The third-order valence-electron chi connectivity index (χ3n) is 2.38. The average Bonchev–Trinajstić information content (AvgIpc) is 2.32. The highest BCUT2D eigenvalue weighted by molar-refractivity contribution is 9.10. The summed E-state index contributed by atoms with van der Waals surface area (Å²) in [5, 5.41) is 3.37. The van der Waals surface area contributed by atoms with Crippen molar-refractivity contribution < 1.29 is 4.79 Å². The Bertz CT molecular complexity index is 601. The summed E-state index contributed by atoms with van der Waals surface area (Å²) in [5.41, 5.74) is 1.42. The molecule has 0 bridgehead atoms. The van der Waals surface area contributed by atoms with Gasteiger partial charge in [-0.05, 0) is 58.7 Å². The Labute approximate surface area is 118 Å². The summed E-state index contributed by atoms with van der Waals surface area (Å²) in [5.74, 6) is 0.294. The monoisotopic (exact) mass is 324 g/mol. The fourth-order valence-corrected chi connectivity index (χ4v) is 1.91. The number of pyridine rings is 1. The molecule has 1 N–H and O–H groups in total. The number of carbonyl (C=O) groups is 1. The fourth-order valence-electron chi connectivity index (χ4n) is 1.45. The van der Waals surface area contributed by atoms with E-state index in [1.807, 2.05) is 6.92 Å². The van der Waals surface area contributed by atoms with Crippen molar-refractivity contribution in [2.75, 3.05) is 5.32 Å². The number of rotatable bonds is 2. The molecule has 0 saturated heterocycles. The van der Waals surface area contributed by atoms with E-state index < -0.39 is 0 Å². The summed E-state index contributed by atoms with van der Waals surface area (Å²) in [4.78, 5) is 16.1. The van der Waals surface area contributed by atoms with Crippen molar-refractivity contribution in [3.63, 3.8) is 0 Å². The number of hydrogen-bond acceptors (Lipinski definition) is 2. The minimum absolute atomic E-state index is 0.208. The van der Waals surface area contributed by atoms with E-state index in [0.717, 1.165) is 5.56 Å². The number of carbonyl (C=O) groups excluding carboxylic acids is 1. The van der Waals surface area contributed by atoms with Crippen molar-refractivity contribution in [3.05, 3.63) is 57.2 Å². The number of nitrogens with zero attached hydrogens (tertiary/aromatic N) is 1. The molecule has 2 aromatic rings. The van der Waals surface area contributed by atoms with Crippen molar-refractivity contribution in [1.29, 1.82) is 0 Å². The van der Waals surface area contributed by atoms with E-state index in [1.54, 1.807) is 36.4 Å². The molecule has 92 valence electrons. The molecule has 0 aliphatic carbocycles. The number of hydrogen-bond donors (Lipinski definition) is 1. The van der Waals surface area contributed by atoms with Crippen LogP contribution < -0.4 is 5.32 Å². The predicted molar refractivity (Wildman–Crippen MR) is 76.1 cm³/mol. The van der Waals surface area contributed by atoms with Gasteiger partial charge in [-0.1, -0.05) is 17.7 Å². The summed E-state index contributed by atoms with van der Waals surface area (Å²) in [6.07, 6.45) is 0. The first-order valence-corrected chi connectivity index (χ1v) is 6.43. The summed E-state index contributed by atoms with van der Waals surface area (Å²) in [6, 6.07) is 10.5. The maximum atomic E-state index is 12.0. The van der Waals surface area contributed by atoms with Gasteiger partial charge in [0.15, 0.2) is 0 Å². The number of aromatic nitrogens is 1. The number of anilines is 1. The number of halogens is 2. The van der Waals surface area contributed by atoms with Crippen LogP contribution in [0.3, 0.4) is 0 Å². The van der Waals surface area contributed by atoms with Gasteiger partial charge in [-0.25, -0.2) is 4.98 Å². The molecule has 1 amide bonds. The lowest BCUT2D eigenvalue weighted by Crippen LogP contribution is -2.13. The van der Waals surface area contributed by atoms with Gasteiger partial charge in [-0.3, -0.25) is 4.79 Å². The van der Waals surface area contributed by atoms with Crippen molar-refractivity contribution >= 4 is 39.3 Å². The fraction of sp³-hybridized carbons (Fsp3) is 0.0769. The maximum absolute atomic E-state index is 12.0. The Morgan fingerprint density at radius 1 is 1.33 bits per heavy atom. The molecule has 5 heteroatoms. The summed E-state index contributed by atoms with van der Waals surface area (Å²) >= 11 is 9.17. The molecular weight excluding hydrogens is 316 g/mol. The van der Waals surface area contributed by atoms with E-state index >= 15 is 0 Å². The highest BCUT2D eigenvalue weighted by Gasteiger charge is 2.08. The van der Waals surface area contributed by atoms with Crippen LogP contribution >= 0.6 is 27.5 Å². The van der Waals surface area contributed by atoms with Crippen molar-refractivity contribution in [2.45, 2.75) is 6.92 Å². The molecule has 1 aromatic carbocycles. The largest absolute Gasteiger partial charge is 0.307 e. The van der Waals surface area contributed by atoms with E-state index in [2.05, 4.69) is 26.2 Å². The Hall–Kier alpha value is -1.39. The highest BCUT2D eigenvalue weighted by Crippen LogP contribution is 2.17. The van der Waals surface area contributed by atoms with Crippen molar-refractivity contribution in [2.24, 2.45) is 0 Å². The number of benzene rings is 1. The summed E-state index contributed by atoms with van der Waals surface area (Å²) in [6.45, 7) is 1.86. The topological polar surface area (TPSA) is 42.0 Å². The SMILES string of the molecule is Cc1cc(C(=O)Nc2cccc(Br)n2)ccc1Cl. The molecule has 0 unspecified atom stereocenters. The van der Waals surface area contributed by atoms with Crippen molar-refractivity contribution in [1.82, 2.24) is 4.98 Å². The molecule has 1 aromatic heterocycles. The van der Waals surface area contributed by atoms with Gasteiger partial charge >= 0.3 is 0 Å². The second kappa shape index (κ2) is 5.50. The first-order chi connectivity index (χ1) is 8.56. The van der Waals surface area contributed by atoms with Crippen LogP contribution in [0.1, 0.15) is 15.9 Å². The van der Waals surface area contributed by atoms with E-state index in [0.29, 0.717) is 21.0 Å². The second-order valence-corrected chi connectivity index (χ2v) is 4.98. The van der Waals surface area contributed by atoms with Crippen LogP contribution in [-0.4, -0.2) is 10.9 Å². The standard InChI is InChI=1S/C13H10BrClN2O/c1-8-7-9(5-6-10(8)15)13(18)17-12-4-2-3-11(14)16-12/h2-7H,1H3,(H,16,17,18). The van der Waals surface area contributed by atoms with Gasteiger partial charge in [-0.15, -0.1) is 0 Å². The zero-order valence-electron chi connectivity index (χ0n) is 9.58. The Kier molecular flexibility index (Phi) is 3.99. The Morgan fingerprint density at radius 2 is 2.11 bits per heavy atom. The zero-order valence-corrected chi connectivity index (χ0v) is 11.9. The Balaban J connectivity index is 2.19. The molecule has 0 saturated carbocycles. The zero-order chi connectivity index (χ0) is 13.1. The molecule has 18 heavy (non-hydrogen) atoms. The van der Waals surface area contributed by atoms with Gasteiger partial charge in [-0.2, -0.15) is 0 Å². The molecule has 0 spiro atoms. The van der Waals surface area contributed by atoms with E-state index in [9.17, 15) is 4.79 Å². The van der Waals surface area contributed by atoms with Gasteiger partial charge in [0.2, 0.25) is 0 Å². The van der Waals surface area contributed by atoms with Gasteiger partial charge < -0.3 is 5.32 Å². The molecule has 0 radical (unpaired) electrons. The lowest BCUT2D eigenvalue weighted by Gasteiger charge is -2.06. The van der Waals surface area contributed by atoms with Crippen LogP contribution in [0.2, 0.25) is 5.02 Å². The highest BCUT2D eigenvalue weighted by atomic mass is 79.9. The molecular formula is C13H10BrClN2O. The molecule has 0 fully saturated rings. The van der Waals surface area contributed by atoms with Gasteiger partial charge in [0.1, 0.15) is 10.4 Å². The normalized spacial score (nSPS) is 10.2. The van der Waals surface area contributed by atoms with E-state index in [4.69, 9.17) is 11.6 Å². The summed E-state index contributed by atoms with van der Waals surface area (Å²) < 4.78 is 0.674. The van der Waals surface area contributed by atoms with E-state index in [1.165, 1.54) is 0 Å². The number of amides is 1. The first kappa shape index (κ1) is 13.1. The van der Waals surface area contributed by atoms with Crippen LogP contribution in [0.15, 0.2) is 41.0 Å². The van der Waals surface area contributed by atoms with E-state index in [-0.39, 0.29) is 5.91 Å². The minimum atomic E-state index is -0.208. The third kappa shape index (κ3) is 3.09. The van der Waals surface area contributed by atoms with Crippen molar-refractivity contribution in [3.8, 4) is 0 Å².